The Bertz CT molecular complexity index is 644. The largest absolute Gasteiger partial charge is 0.355 e. The van der Waals surface area contributed by atoms with Gasteiger partial charge in [0.25, 0.3) is 0 Å². The second-order valence-electron chi connectivity index (χ2n) is 5.11. The highest BCUT2D eigenvalue weighted by Crippen LogP contribution is 2.25. The second-order valence-corrected chi connectivity index (χ2v) is 6.73. The molecule has 0 saturated carbocycles. The molecule has 5 nitrogen and oxygen atoms in total. The van der Waals surface area contributed by atoms with Crippen LogP contribution in [0.4, 0.5) is 0 Å². The molecular weight excluding hydrogens is 322 g/mol. The van der Waals surface area contributed by atoms with Crippen molar-refractivity contribution in [1.82, 2.24) is 15.5 Å². The number of nitrogens with one attached hydrogen (secondary N) is 1. The summed E-state index contributed by atoms with van der Waals surface area (Å²) < 4.78 is 5.26. The molecular formula is C15H16ClN3O2S. The van der Waals surface area contributed by atoms with Crippen molar-refractivity contribution in [3.63, 3.8) is 0 Å². The molecule has 0 spiro atoms. The number of hydrogen-bond acceptors (Lipinski definition) is 5. The van der Waals surface area contributed by atoms with E-state index in [1.165, 1.54) is 0 Å². The number of nitrogens with zero attached hydrogens (tertiary/aromatic N) is 2. The van der Waals surface area contributed by atoms with Crippen molar-refractivity contribution >= 4 is 29.3 Å². The average molecular weight is 338 g/mol. The highest BCUT2D eigenvalue weighted by Gasteiger charge is 2.22. The Balaban J connectivity index is 1.62. The molecule has 0 radical (unpaired) electrons. The normalized spacial score (nSPS) is 18.8. The highest BCUT2D eigenvalue weighted by molar-refractivity contribution is 7.99. The molecule has 2 heterocycles. The lowest BCUT2D eigenvalue weighted by molar-refractivity contribution is -0.120. The molecule has 0 bridgehead atoms. The first-order chi connectivity index (χ1) is 10.7. The van der Waals surface area contributed by atoms with Gasteiger partial charge in [-0.25, -0.2) is 0 Å². The first kappa shape index (κ1) is 15.4. The summed E-state index contributed by atoms with van der Waals surface area (Å²) in [6.45, 7) is 0.775. The molecule has 1 N–H and O–H groups in total. The SMILES string of the molecule is O=C1NCCCC[C@H]1SCc1nc(-c2ccc(Cl)cc2)no1. The molecule has 1 saturated heterocycles. The lowest BCUT2D eigenvalue weighted by atomic mass is 10.2. The number of halogens is 1. The first-order valence-corrected chi connectivity index (χ1v) is 8.63. The van der Waals surface area contributed by atoms with Gasteiger partial charge in [-0.1, -0.05) is 23.2 Å². The average Bonchev–Trinajstić information content (AvgIpc) is 2.90. The zero-order valence-corrected chi connectivity index (χ0v) is 13.5. The Morgan fingerprint density at radius 3 is 2.95 bits per heavy atom. The summed E-state index contributed by atoms with van der Waals surface area (Å²) in [5.74, 6) is 1.73. The van der Waals surface area contributed by atoms with E-state index in [0.29, 0.717) is 22.5 Å². The monoisotopic (exact) mass is 337 g/mol. The van der Waals surface area contributed by atoms with Crippen molar-refractivity contribution in [2.24, 2.45) is 0 Å². The van der Waals surface area contributed by atoms with E-state index in [2.05, 4.69) is 15.5 Å². The van der Waals surface area contributed by atoms with Crippen molar-refractivity contribution in [2.75, 3.05) is 6.54 Å². The smallest absolute Gasteiger partial charge is 0.236 e. The van der Waals surface area contributed by atoms with E-state index >= 15 is 0 Å². The van der Waals surface area contributed by atoms with E-state index in [1.54, 1.807) is 23.9 Å². The molecule has 1 aromatic heterocycles. The van der Waals surface area contributed by atoms with E-state index < -0.39 is 0 Å². The van der Waals surface area contributed by atoms with Gasteiger partial charge in [0, 0.05) is 17.1 Å². The summed E-state index contributed by atoms with van der Waals surface area (Å²) in [5.41, 5.74) is 0.858. The maximum absolute atomic E-state index is 11.9. The molecule has 2 aromatic rings. The maximum Gasteiger partial charge on any atom is 0.236 e. The molecule has 1 fully saturated rings. The quantitative estimate of drug-likeness (QED) is 0.927. The Kier molecular flexibility index (Phi) is 5.00. The van der Waals surface area contributed by atoms with Crippen LogP contribution in [0.3, 0.4) is 0 Å². The molecule has 0 aliphatic carbocycles. The standard InChI is InChI=1S/C15H16ClN3O2S/c16-11-6-4-10(5-7-11)14-18-13(21-19-14)9-22-12-3-1-2-8-17-15(12)20/h4-7,12H,1-3,8-9H2,(H,17,20)/t12-/m1/s1. The molecule has 1 aromatic carbocycles. The van der Waals surface area contributed by atoms with Crippen LogP contribution in [0.2, 0.25) is 5.02 Å². The van der Waals surface area contributed by atoms with Crippen LogP contribution in [0.1, 0.15) is 25.2 Å². The van der Waals surface area contributed by atoms with E-state index in [9.17, 15) is 4.79 Å². The summed E-state index contributed by atoms with van der Waals surface area (Å²) in [7, 11) is 0. The Labute approximate surface area is 137 Å². The van der Waals surface area contributed by atoms with Crippen LogP contribution in [0, 0.1) is 0 Å². The number of benzene rings is 1. The van der Waals surface area contributed by atoms with Crippen LogP contribution in [-0.2, 0) is 10.5 Å². The molecule has 116 valence electrons. The lowest BCUT2D eigenvalue weighted by Gasteiger charge is -2.10. The summed E-state index contributed by atoms with van der Waals surface area (Å²) in [4.78, 5) is 16.3. The zero-order valence-electron chi connectivity index (χ0n) is 11.9. The highest BCUT2D eigenvalue weighted by atomic mass is 35.5. The Hall–Kier alpha value is -1.53. The topological polar surface area (TPSA) is 68.0 Å². The molecule has 22 heavy (non-hydrogen) atoms. The number of hydrogen-bond donors (Lipinski definition) is 1. The van der Waals surface area contributed by atoms with Gasteiger partial charge in [-0.3, -0.25) is 4.79 Å². The lowest BCUT2D eigenvalue weighted by Crippen LogP contribution is -2.30. The molecule has 3 rings (SSSR count). The van der Waals surface area contributed by atoms with Crippen molar-refractivity contribution in [2.45, 2.75) is 30.3 Å². The van der Waals surface area contributed by atoms with Crippen LogP contribution in [0.5, 0.6) is 0 Å². The van der Waals surface area contributed by atoms with Crippen molar-refractivity contribution in [3.05, 3.63) is 35.2 Å². The fourth-order valence-corrected chi connectivity index (χ4v) is 3.43. The number of thioether (sulfide) groups is 1. The number of carbonyl (C=O) groups is 1. The van der Waals surface area contributed by atoms with E-state index in [1.807, 2.05) is 12.1 Å². The van der Waals surface area contributed by atoms with E-state index in [4.69, 9.17) is 16.1 Å². The third kappa shape index (κ3) is 3.81. The number of rotatable bonds is 4. The van der Waals surface area contributed by atoms with Gasteiger partial charge in [-0.2, -0.15) is 4.98 Å². The van der Waals surface area contributed by atoms with Crippen molar-refractivity contribution in [3.8, 4) is 11.4 Å². The van der Waals surface area contributed by atoms with Crippen molar-refractivity contribution in [1.29, 1.82) is 0 Å². The Morgan fingerprint density at radius 1 is 1.32 bits per heavy atom. The van der Waals surface area contributed by atoms with Gasteiger partial charge in [0.1, 0.15) is 0 Å². The van der Waals surface area contributed by atoms with Gasteiger partial charge in [-0.15, -0.1) is 11.8 Å². The van der Waals surface area contributed by atoms with Crippen LogP contribution in [-0.4, -0.2) is 27.8 Å². The van der Waals surface area contributed by atoms with Gasteiger partial charge in [0.2, 0.25) is 17.6 Å². The summed E-state index contributed by atoms with van der Waals surface area (Å²) in [6, 6.07) is 7.28. The van der Waals surface area contributed by atoms with Gasteiger partial charge < -0.3 is 9.84 Å². The molecule has 0 unspecified atom stereocenters. The number of carbonyl (C=O) groups excluding carboxylic acids is 1. The van der Waals surface area contributed by atoms with Gasteiger partial charge in [0.05, 0.1) is 11.0 Å². The minimum absolute atomic E-state index is 0.0339. The molecule has 7 heteroatoms. The molecule has 1 amide bonds. The van der Waals surface area contributed by atoms with Crippen LogP contribution < -0.4 is 5.32 Å². The summed E-state index contributed by atoms with van der Waals surface area (Å²) in [6.07, 6.45) is 3.01. The third-order valence-electron chi connectivity index (χ3n) is 3.46. The molecule has 1 aliphatic rings. The van der Waals surface area contributed by atoms with Crippen LogP contribution in [0.15, 0.2) is 28.8 Å². The fraction of sp³-hybridized carbons (Fsp3) is 0.400. The number of aromatic nitrogens is 2. The van der Waals surface area contributed by atoms with Gasteiger partial charge >= 0.3 is 0 Å². The summed E-state index contributed by atoms with van der Waals surface area (Å²) >= 11 is 7.42. The van der Waals surface area contributed by atoms with Crippen LogP contribution in [0.25, 0.3) is 11.4 Å². The van der Waals surface area contributed by atoms with Crippen LogP contribution >= 0.6 is 23.4 Å². The fourth-order valence-electron chi connectivity index (χ4n) is 2.27. The van der Waals surface area contributed by atoms with E-state index in [-0.39, 0.29) is 11.2 Å². The molecule has 1 atom stereocenters. The minimum Gasteiger partial charge on any atom is -0.355 e. The van der Waals surface area contributed by atoms with E-state index in [0.717, 1.165) is 31.4 Å². The first-order valence-electron chi connectivity index (χ1n) is 7.20. The third-order valence-corrected chi connectivity index (χ3v) is 4.98. The predicted molar refractivity (Wildman–Crippen MR) is 86.7 cm³/mol. The molecule has 1 aliphatic heterocycles. The second kappa shape index (κ2) is 7.15. The van der Waals surface area contributed by atoms with Gasteiger partial charge in [0.15, 0.2) is 0 Å². The minimum atomic E-state index is -0.0339. The number of amides is 1. The predicted octanol–water partition coefficient (Wildman–Crippen LogP) is 3.29. The Morgan fingerprint density at radius 2 is 2.14 bits per heavy atom. The maximum atomic E-state index is 11.9. The van der Waals surface area contributed by atoms with Gasteiger partial charge in [-0.05, 0) is 37.1 Å². The summed E-state index contributed by atoms with van der Waals surface area (Å²) in [5, 5.41) is 7.54. The van der Waals surface area contributed by atoms with Crippen molar-refractivity contribution < 1.29 is 9.32 Å². The zero-order chi connectivity index (χ0) is 15.4.